The van der Waals surface area contributed by atoms with Gasteiger partial charge in [0.05, 0.1) is 0 Å². The van der Waals surface area contributed by atoms with Crippen molar-refractivity contribution in [2.45, 2.75) is 52.6 Å². The topological polar surface area (TPSA) is 37.3 Å². The van der Waals surface area contributed by atoms with E-state index < -0.39 is 5.60 Å². The molecule has 0 radical (unpaired) electrons. The van der Waals surface area contributed by atoms with Gasteiger partial charge in [-0.15, -0.1) is 0 Å². The van der Waals surface area contributed by atoms with Crippen LogP contribution in [0.15, 0.2) is 24.3 Å². The fourth-order valence-corrected chi connectivity index (χ4v) is 6.94. The third kappa shape index (κ3) is 2.33. The molecule has 23 heavy (non-hydrogen) atoms. The molecule has 0 saturated heterocycles. The zero-order valence-electron chi connectivity index (χ0n) is 14.7. The molecule has 0 aromatic carbocycles. The molecular weight excluding hydrogens is 352 g/mol. The predicted molar refractivity (Wildman–Crippen MR) is 97.4 cm³/mol. The number of alkyl halides is 1. The Morgan fingerprint density at radius 1 is 1.35 bits per heavy atom. The number of carbonyl (C=O) groups is 1. The van der Waals surface area contributed by atoms with Gasteiger partial charge in [-0.3, -0.25) is 4.79 Å². The number of ketones is 1. The highest BCUT2D eigenvalue weighted by Gasteiger charge is 2.62. The highest BCUT2D eigenvalue weighted by atomic mass is 79.9. The first-order chi connectivity index (χ1) is 10.7. The molecule has 1 fully saturated rings. The summed E-state index contributed by atoms with van der Waals surface area (Å²) in [5, 5.41) is 12.1. The van der Waals surface area contributed by atoms with E-state index in [0.29, 0.717) is 11.8 Å². The molecule has 3 aliphatic carbocycles. The molecule has 3 heteroatoms. The van der Waals surface area contributed by atoms with Crippen LogP contribution in [-0.4, -0.2) is 21.8 Å². The molecule has 3 rings (SSSR count). The first-order valence-corrected chi connectivity index (χ1v) is 10.00. The van der Waals surface area contributed by atoms with Crippen LogP contribution in [0.1, 0.15) is 47.0 Å². The fraction of sp³-hybridized carbons (Fsp3) is 0.750. The van der Waals surface area contributed by atoms with Crippen molar-refractivity contribution < 1.29 is 9.90 Å². The number of allylic oxidation sites excluding steroid dienone is 3. The maximum atomic E-state index is 12.4. The van der Waals surface area contributed by atoms with Crippen molar-refractivity contribution >= 4 is 21.7 Å². The maximum absolute atomic E-state index is 12.4. The first-order valence-electron chi connectivity index (χ1n) is 8.88. The molecule has 3 unspecified atom stereocenters. The molecule has 0 aromatic heterocycles. The van der Waals surface area contributed by atoms with Gasteiger partial charge < -0.3 is 5.11 Å². The van der Waals surface area contributed by atoms with Crippen LogP contribution in [0, 0.1) is 34.5 Å². The van der Waals surface area contributed by atoms with E-state index in [1.54, 1.807) is 13.0 Å². The Kier molecular flexibility index (Phi) is 4.21. The number of hydrogen-bond acceptors (Lipinski definition) is 2. The van der Waals surface area contributed by atoms with E-state index in [4.69, 9.17) is 0 Å². The third-order valence-corrected chi connectivity index (χ3v) is 8.15. The van der Waals surface area contributed by atoms with E-state index in [0.717, 1.165) is 24.6 Å². The largest absolute Gasteiger partial charge is 0.382 e. The highest BCUT2D eigenvalue weighted by Crippen LogP contribution is 2.64. The molecular formula is C20H29BrO2. The SMILES string of the molecule is CC(C)[C@@H]1CC=C[C@H]2C3C(C)(O)C(=O)C=C[C@@]3(C)CCC21CBr. The molecule has 0 aliphatic heterocycles. The summed E-state index contributed by atoms with van der Waals surface area (Å²) in [7, 11) is 0. The second kappa shape index (κ2) is 5.56. The Morgan fingerprint density at radius 2 is 2.04 bits per heavy atom. The molecule has 0 bridgehead atoms. The highest BCUT2D eigenvalue weighted by molar-refractivity contribution is 9.09. The molecule has 0 amide bonds. The molecule has 128 valence electrons. The van der Waals surface area contributed by atoms with Crippen LogP contribution in [-0.2, 0) is 4.79 Å². The van der Waals surface area contributed by atoms with Gasteiger partial charge in [0.1, 0.15) is 5.60 Å². The van der Waals surface area contributed by atoms with Crippen molar-refractivity contribution in [1.29, 1.82) is 0 Å². The predicted octanol–water partition coefficient (Wildman–Crippen LogP) is 4.52. The maximum Gasteiger partial charge on any atom is 0.186 e. The quantitative estimate of drug-likeness (QED) is 0.564. The Bertz CT molecular complexity index is 562. The summed E-state index contributed by atoms with van der Waals surface area (Å²) in [6.07, 6.45) is 11.6. The lowest BCUT2D eigenvalue weighted by molar-refractivity contribution is -0.163. The van der Waals surface area contributed by atoms with Gasteiger partial charge >= 0.3 is 0 Å². The minimum atomic E-state index is -1.27. The average Bonchev–Trinajstić information content (AvgIpc) is 2.50. The second-order valence-corrected chi connectivity index (χ2v) is 9.30. The lowest BCUT2D eigenvalue weighted by Crippen LogP contribution is -2.62. The van der Waals surface area contributed by atoms with Gasteiger partial charge in [-0.1, -0.05) is 54.9 Å². The molecule has 1 saturated carbocycles. The van der Waals surface area contributed by atoms with Crippen LogP contribution in [0.2, 0.25) is 0 Å². The smallest absolute Gasteiger partial charge is 0.186 e. The van der Waals surface area contributed by atoms with Gasteiger partial charge in [0.25, 0.3) is 0 Å². The van der Waals surface area contributed by atoms with E-state index in [-0.39, 0.29) is 28.4 Å². The van der Waals surface area contributed by atoms with E-state index in [2.05, 4.69) is 54.9 Å². The van der Waals surface area contributed by atoms with Crippen LogP contribution in [0.4, 0.5) is 0 Å². The molecule has 1 N–H and O–H groups in total. The summed E-state index contributed by atoms with van der Waals surface area (Å²) in [5.41, 5.74) is -1.23. The minimum Gasteiger partial charge on any atom is -0.382 e. The minimum absolute atomic E-state index is 0.0448. The Labute approximate surface area is 148 Å². The summed E-state index contributed by atoms with van der Waals surface area (Å²) in [4.78, 5) is 12.4. The number of halogens is 1. The summed E-state index contributed by atoms with van der Waals surface area (Å²) < 4.78 is 0. The van der Waals surface area contributed by atoms with Crippen LogP contribution in [0.5, 0.6) is 0 Å². The molecule has 6 atom stereocenters. The van der Waals surface area contributed by atoms with Crippen LogP contribution >= 0.6 is 15.9 Å². The summed E-state index contributed by atoms with van der Waals surface area (Å²) in [5.74, 6) is 1.26. The first kappa shape index (κ1) is 17.4. The van der Waals surface area contributed by atoms with E-state index >= 15 is 0 Å². The van der Waals surface area contributed by atoms with Crippen molar-refractivity contribution in [3.8, 4) is 0 Å². The molecule has 0 aromatic rings. The number of carbonyl (C=O) groups excluding carboxylic acids is 1. The third-order valence-electron chi connectivity index (χ3n) is 7.11. The van der Waals surface area contributed by atoms with Crippen LogP contribution in [0.25, 0.3) is 0 Å². The summed E-state index contributed by atoms with van der Waals surface area (Å²) in [6, 6.07) is 0. The zero-order valence-corrected chi connectivity index (χ0v) is 16.3. The Morgan fingerprint density at radius 3 is 2.65 bits per heavy atom. The normalized spacial score (nSPS) is 49.2. The van der Waals surface area contributed by atoms with Crippen molar-refractivity contribution in [2.75, 3.05) is 5.33 Å². The lowest BCUT2D eigenvalue weighted by Gasteiger charge is -2.62. The van der Waals surface area contributed by atoms with E-state index in [1.165, 1.54) is 0 Å². The number of aliphatic hydroxyl groups is 1. The molecule has 3 aliphatic rings. The number of rotatable bonds is 2. The van der Waals surface area contributed by atoms with Crippen molar-refractivity contribution in [1.82, 2.24) is 0 Å². The van der Waals surface area contributed by atoms with Crippen molar-refractivity contribution in [2.24, 2.45) is 34.5 Å². The van der Waals surface area contributed by atoms with Gasteiger partial charge in [0, 0.05) is 11.2 Å². The monoisotopic (exact) mass is 380 g/mol. The second-order valence-electron chi connectivity index (χ2n) is 8.74. The van der Waals surface area contributed by atoms with Crippen molar-refractivity contribution in [3.63, 3.8) is 0 Å². The van der Waals surface area contributed by atoms with E-state index in [1.807, 2.05) is 0 Å². The summed E-state index contributed by atoms with van der Waals surface area (Å²) >= 11 is 3.82. The lowest BCUT2D eigenvalue weighted by atomic mass is 9.43. The van der Waals surface area contributed by atoms with Gasteiger partial charge in [-0.25, -0.2) is 0 Å². The average molecular weight is 381 g/mol. The summed E-state index contributed by atoms with van der Waals surface area (Å²) in [6.45, 7) is 8.57. The molecule has 0 heterocycles. The standard InChI is InChI=1S/C20H29BrO2/c1-13(2)14-6-5-7-15-17-18(3,10-11-20(14,15)12-21)9-8-16(22)19(17,4)23/h5,7-9,13-15,17,23H,6,10-12H2,1-4H3/t14-,15-,17?,18-,19?,20?/m0/s1. The van der Waals surface area contributed by atoms with Gasteiger partial charge in [0.15, 0.2) is 5.78 Å². The Hall–Kier alpha value is -0.410. The van der Waals surface area contributed by atoms with Crippen molar-refractivity contribution in [3.05, 3.63) is 24.3 Å². The number of fused-ring (bicyclic) bond motifs is 3. The van der Waals surface area contributed by atoms with Gasteiger partial charge in [-0.05, 0) is 60.8 Å². The van der Waals surface area contributed by atoms with Crippen LogP contribution in [0.3, 0.4) is 0 Å². The number of hydrogen-bond donors (Lipinski definition) is 1. The molecule has 2 nitrogen and oxygen atoms in total. The van der Waals surface area contributed by atoms with E-state index in [9.17, 15) is 9.90 Å². The van der Waals surface area contributed by atoms with Crippen LogP contribution < -0.4 is 0 Å². The van der Waals surface area contributed by atoms with Gasteiger partial charge in [0.2, 0.25) is 0 Å². The van der Waals surface area contributed by atoms with Gasteiger partial charge in [-0.2, -0.15) is 0 Å². The zero-order chi connectivity index (χ0) is 17.0. The molecule has 0 spiro atoms. The fourth-order valence-electron chi connectivity index (χ4n) is 5.87. The Balaban J connectivity index is 2.14.